The molecule has 0 saturated carbocycles. The number of ether oxygens (including phenoxy) is 1. The molecule has 1 heterocycles. The summed E-state index contributed by atoms with van der Waals surface area (Å²) >= 11 is 0. The van der Waals surface area contributed by atoms with Crippen LogP contribution in [0, 0.1) is 23.5 Å². The third kappa shape index (κ3) is 3.40. The number of hydrogen-bond donors (Lipinski definition) is 0. The molecule has 0 radical (unpaired) electrons. The Hall–Kier alpha value is -1.26. The molecular formula is C11H14F3NO. The monoisotopic (exact) mass is 233 g/mol. The first-order valence-corrected chi connectivity index (χ1v) is 5.19. The van der Waals surface area contributed by atoms with E-state index in [-0.39, 0.29) is 12.5 Å². The first-order chi connectivity index (χ1) is 7.54. The summed E-state index contributed by atoms with van der Waals surface area (Å²) < 4.78 is 43.3. The number of pyridine rings is 1. The van der Waals surface area contributed by atoms with Gasteiger partial charge in [0.2, 0.25) is 0 Å². The van der Waals surface area contributed by atoms with Crippen molar-refractivity contribution in [3.8, 4) is 5.88 Å². The lowest BCUT2D eigenvalue weighted by Crippen LogP contribution is -2.11. The lowest BCUT2D eigenvalue weighted by atomic mass is 10.1. The van der Waals surface area contributed by atoms with Crippen LogP contribution in [0.5, 0.6) is 5.88 Å². The maximum atomic E-state index is 13.1. The standard InChI is InChI=1S/C11H14F3NO/c1-3-4-7(2)6-16-11-9(13)5-8(12)10(14)15-11/h5,7H,3-4,6H2,1-2H3. The van der Waals surface area contributed by atoms with Crippen molar-refractivity contribution in [2.24, 2.45) is 5.92 Å². The van der Waals surface area contributed by atoms with Crippen molar-refractivity contribution in [3.63, 3.8) is 0 Å². The highest BCUT2D eigenvalue weighted by Crippen LogP contribution is 2.17. The van der Waals surface area contributed by atoms with Gasteiger partial charge in [-0.15, -0.1) is 0 Å². The van der Waals surface area contributed by atoms with Crippen LogP contribution in [0.1, 0.15) is 26.7 Å². The van der Waals surface area contributed by atoms with Crippen molar-refractivity contribution in [3.05, 3.63) is 23.6 Å². The van der Waals surface area contributed by atoms with Crippen LogP contribution in [0.25, 0.3) is 0 Å². The van der Waals surface area contributed by atoms with Gasteiger partial charge < -0.3 is 4.74 Å². The zero-order chi connectivity index (χ0) is 12.1. The quantitative estimate of drug-likeness (QED) is 0.728. The Bertz CT molecular complexity index is 357. The minimum Gasteiger partial charge on any atom is -0.475 e. The predicted molar refractivity (Wildman–Crippen MR) is 53.7 cm³/mol. The topological polar surface area (TPSA) is 22.1 Å². The molecule has 5 heteroatoms. The molecule has 1 rings (SSSR count). The molecule has 0 aromatic carbocycles. The molecular weight excluding hydrogens is 219 g/mol. The number of hydrogen-bond acceptors (Lipinski definition) is 2. The number of halogens is 3. The Kier molecular flexibility index (Phi) is 4.58. The molecule has 0 aliphatic rings. The van der Waals surface area contributed by atoms with Gasteiger partial charge in [0.25, 0.3) is 11.8 Å². The fourth-order valence-corrected chi connectivity index (χ4v) is 1.33. The minimum atomic E-state index is -1.35. The zero-order valence-electron chi connectivity index (χ0n) is 9.27. The first-order valence-electron chi connectivity index (χ1n) is 5.19. The highest BCUT2D eigenvalue weighted by atomic mass is 19.2. The molecule has 0 saturated heterocycles. The molecule has 0 aliphatic carbocycles. The van der Waals surface area contributed by atoms with Crippen LogP contribution in [0.15, 0.2) is 6.07 Å². The highest BCUT2D eigenvalue weighted by molar-refractivity contribution is 5.15. The molecule has 16 heavy (non-hydrogen) atoms. The average Bonchev–Trinajstić information content (AvgIpc) is 2.22. The Morgan fingerprint density at radius 1 is 1.31 bits per heavy atom. The van der Waals surface area contributed by atoms with E-state index in [2.05, 4.69) is 4.98 Å². The number of nitrogens with zero attached hydrogens (tertiary/aromatic N) is 1. The largest absolute Gasteiger partial charge is 0.475 e. The van der Waals surface area contributed by atoms with Crippen LogP contribution < -0.4 is 4.74 Å². The van der Waals surface area contributed by atoms with Crippen LogP contribution in [0.3, 0.4) is 0 Å². The third-order valence-electron chi connectivity index (χ3n) is 2.14. The summed E-state index contributed by atoms with van der Waals surface area (Å²) in [5, 5.41) is 0. The lowest BCUT2D eigenvalue weighted by molar-refractivity contribution is 0.227. The highest BCUT2D eigenvalue weighted by Gasteiger charge is 2.13. The van der Waals surface area contributed by atoms with Crippen LogP contribution >= 0.6 is 0 Å². The maximum Gasteiger partial charge on any atom is 0.253 e. The van der Waals surface area contributed by atoms with Crippen molar-refractivity contribution in [1.29, 1.82) is 0 Å². The van der Waals surface area contributed by atoms with E-state index in [0.29, 0.717) is 6.07 Å². The second-order valence-electron chi connectivity index (χ2n) is 3.75. The summed E-state index contributed by atoms with van der Waals surface area (Å²) in [6, 6.07) is 0.433. The molecule has 0 spiro atoms. The smallest absolute Gasteiger partial charge is 0.253 e. The molecule has 2 nitrogen and oxygen atoms in total. The molecule has 1 aromatic heterocycles. The number of aromatic nitrogens is 1. The summed E-state index contributed by atoms with van der Waals surface area (Å²) in [6.07, 6.45) is 1.91. The molecule has 0 N–H and O–H groups in total. The molecule has 90 valence electrons. The van der Waals surface area contributed by atoms with Crippen molar-refractivity contribution < 1.29 is 17.9 Å². The second-order valence-corrected chi connectivity index (χ2v) is 3.75. The van der Waals surface area contributed by atoms with Crippen LogP contribution in [0.4, 0.5) is 13.2 Å². The lowest BCUT2D eigenvalue weighted by Gasteiger charge is -2.11. The third-order valence-corrected chi connectivity index (χ3v) is 2.14. The molecule has 1 aromatic rings. The van der Waals surface area contributed by atoms with Gasteiger partial charge in [-0.3, -0.25) is 0 Å². The fraction of sp³-hybridized carbons (Fsp3) is 0.545. The second kappa shape index (κ2) is 5.72. The van der Waals surface area contributed by atoms with Gasteiger partial charge in [-0.2, -0.15) is 9.37 Å². The molecule has 0 aliphatic heterocycles. The normalized spacial score (nSPS) is 12.6. The van der Waals surface area contributed by atoms with Gasteiger partial charge in [-0.25, -0.2) is 8.78 Å². The van der Waals surface area contributed by atoms with E-state index in [0.717, 1.165) is 12.8 Å². The Labute approximate surface area is 92.5 Å². The van der Waals surface area contributed by atoms with Gasteiger partial charge in [0.15, 0.2) is 11.6 Å². The minimum absolute atomic E-state index is 0.222. The van der Waals surface area contributed by atoms with Gasteiger partial charge >= 0.3 is 0 Å². The van der Waals surface area contributed by atoms with E-state index < -0.39 is 23.5 Å². The Morgan fingerprint density at radius 2 is 2.00 bits per heavy atom. The van der Waals surface area contributed by atoms with Crippen LogP contribution in [0.2, 0.25) is 0 Å². The summed E-state index contributed by atoms with van der Waals surface area (Å²) in [6.45, 7) is 4.19. The van der Waals surface area contributed by atoms with Gasteiger partial charge in [0.05, 0.1) is 6.61 Å². The summed E-state index contributed by atoms with van der Waals surface area (Å²) in [5.41, 5.74) is 0. The predicted octanol–water partition coefficient (Wildman–Crippen LogP) is 3.31. The van der Waals surface area contributed by atoms with Gasteiger partial charge in [0.1, 0.15) is 0 Å². The summed E-state index contributed by atoms with van der Waals surface area (Å²) in [4.78, 5) is 3.07. The van der Waals surface area contributed by atoms with Crippen molar-refractivity contribution >= 4 is 0 Å². The summed E-state index contributed by atoms with van der Waals surface area (Å²) in [7, 11) is 0. The van der Waals surface area contributed by atoms with Gasteiger partial charge in [-0.1, -0.05) is 20.3 Å². The molecule has 0 bridgehead atoms. The number of rotatable bonds is 5. The Balaban J connectivity index is 2.63. The summed E-state index contributed by atoms with van der Waals surface area (Å²) in [5.74, 6) is -3.91. The SMILES string of the molecule is CCCC(C)COc1nc(F)c(F)cc1F. The van der Waals surface area contributed by atoms with E-state index in [4.69, 9.17) is 4.74 Å². The van der Waals surface area contributed by atoms with Crippen molar-refractivity contribution in [2.45, 2.75) is 26.7 Å². The van der Waals surface area contributed by atoms with Crippen LogP contribution in [-0.2, 0) is 0 Å². The van der Waals surface area contributed by atoms with Crippen LogP contribution in [-0.4, -0.2) is 11.6 Å². The van der Waals surface area contributed by atoms with Gasteiger partial charge in [-0.05, 0) is 12.3 Å². The zero-order valence-corrected chi connectivity index (χ0v) is 9.27. The molecule has 0 fully saturated rings. The van der Waals surface area contributed by atoms with E-state index in [9.17, 15) is 13.2 Å². The maximum absolute atomic E-state index is 13.1. The molecule has 1 atom stereocenters. The van der Waals surface area contributed by atoms with Crippen molar-refractivity contribution in [1.82, 2.24) is 4.98 Å². The average molecular weight is 233 g/mol. The van der Waals surface area contributed by atoms with E-state index in [1.807, 2.05) is 13.8 Å². The van der Waals surface area contributed by atoms with E-state index in [1.165, 1.54) is 0 Å². The molecule has 1 unspecified atom stereocenters. The molecule has 0 amide bonds. The van der Waals surface area contributed by atoms with Gasteiger partial charge in [0, 0.05) is 6.07 Å². The fourth-order valence-electron chi connectivity index (χ4n) is 1.33. The van der Waals surface area contributed by atoms with E-state index in [1.54, 1.807) is 0 Å². The van der Waals surface area contributed by atoms with Crippen molar-refractivity contribution in [2.75, 3.05) is 6.61 Å². The Morgan fingerprint density at radius 3 is 2.62 bits per heavy atom. The first kappa shape index (κ1) is 12.8. The van der Waals surface area contributed by atoms with E-state index >= 15 is 0 Å².